The van der Waals surface area contributed by atoms with Gasteiger partial charge in [-0.1, -0.05) is 18.2 Å². The molecule has 2 amide bonds. The van der Waals surface area contributed by atoms with Crippen LogP contribution in [0.2, 0.25) is 0 Å². The van der Waals surface area contributed by atoms with Crippen LogP contribution in [0, 0.1) is 0 Å². The van der Waals surface area contributed by atoms with E-state index in [2.05, 4.69) is 5.32 Å². The van der Waals surface area contributed by atoms with Gasteiger partial charge in [-0.2, -0.15) is 0 Å². The zero-order valence-electron chi connectivity index (χ0n) is 11.5. The Morgan fingerprint density at radius 2 is 2.20 bits per heavy atom. The molecular weight excluding hydrogens is 258 g/mol. The number of carbonyl (C=O) groups is 2. The molecule has 6 heteroatoms. The van der Waals surface area contributed by atoms with E-state index in [9.17, 15) is 9.59 Å². The van der Waals surface area contributed by atoms with Gasteiger partial charge in [0, 0.05) is 25.2 Å². The first-order valence-electron chi connectivity index (χ1n) is 6.54. The molecule has 1 aromatic carbocycles. The molecule has 108 valence electrons. The number of hydrogen-bond donors (Lipinski definition) is 2. The highest BCUT2D eigenvalue weighted by molar-refractivity contribution is 5.83. The van der Waals surface area contributed by atoms with E-state index in [0.717, 1.165) is 5.56 Å². The van der Waals surface area contributed by atoms with Crippen molar-refractivity contribution in [2.75, 3.05) is 26.7 Å². The fraction of sp³-hybridized carbons (Fsp3) is 0.429. The van der Waals surface area contributed by atoms with Crippen LogP contribution in [0.4, 0.5) is 0 Å². The van der Waals surface area contributed by atoms with Gasteiger partial charge < -0.3 is 20.7 Å². The highest BCUT2D eigenvalue weighted by Crippen LogP contribution is 2.18. The van der Waals surface area contributed by atoms with E-state index in [1.54, 1.807) is 12.0 Å². The van der Waals surface area contributed by atoms with Crippen molar-refractivity contribution in [1.29, 1.82) is 0 Å². The lowest BCUT2D eigenvalue weighted by Gasteiger charge is -2.32. The average Bonchev–Trinajstić information content (AvgIpc) is 2.48. The van der Waals surface area contributed by atoms with Crippen LogP contribution in [-0.2, 0) is 16.0 Å². The van der Waals surface area contributed by atoms with Crippen molar-refractivity contribution < 1.29 is 14.3 Å². The number of primary amides is 1. The third-order valence-electron chi connectivity index (χ3n) is 3.41. The molecule has 1 saturated heterocycles. The van der Waals surface area contributed by atoms with Crippen molar-refractivity contribution in [2.45, 2.75) is 12.5 Å². The zero-order chi connectivity index (χ0) is 14.5. The Balaban J connectivity index is 2.02. The van der Waals surface area contributed by atoms with Gasteiger partial charge in [-0.15, -0.1) is 0 Å². The van der Waals surface area contributed by atoms with Crippen LogP contribution in [0.5, 0.6) is 5.75 Å². The SMILES string of the molecule is COc1ccccc1CC(=O)N1CCN[C@@H](C(N)=O)C1. The lowest BCUT2D eigenvalue weighted by atomic mass is 10.1. The number of nitrogens with zero attached hydrogens (tertiary/aromatic N) is 1. The Labute approximate surface area is 117 Å². The highest BCUT2D eigenvalue weighted by Gasteiger charge is 2.26. The third-order valence-corrected chi connectivity index (χ3v) is 3.41. The van der Waals surface area contributed by atoms with E-state index >= 15 is 0 Å². The molecule has 1 aromatic rings. The van der Waals surface area contributed by atoms with Crippen molar-refractivity contribution in [3.8, 4) is 5.75 Å². The number of benzene rings is 1. The number of methoxy groups -OCH3 is 1. The molecule has 1 aliphatic heterocycles. The lowest BCUT2D eigenvalue weighted by molar-refractivity contribution is -0.133. The first-order valence-corrected chi connectivity index (χ1v) is 6.54. The van der Waals surface area contributed by atoms with Crippen molar-refractivity contribution in [3.63, 3.8) is 0 Å². The molecule has 20 heavy (non-hydrogen) atoms. The molecule has 0 aliphatic carbocycles. The summed E-state index contributed by atoms with van der Waals surface area (Å²) in [6.07, 6.45) is 0.259. The van der Waals surface area contributed by atoms with Crippen LogP contribution in [0.1, 0.15) is 5.56 Å². The Morgan fingerprint density at radius 1 is 1.45 bits per heavy atom. The summed E-state index contributed by atoms with van der Waals surface area (Å²) in [4.78, 5) is 25.1. The van der Waals surface area contributed by atoms with Crippen LogP contribution in [0.15, 0.2) is 24.3 Å². The fourth-order valence-electron chi connectivity index (χ4n) is 2.29. The number of hydrogen-bond acceptors (Lipinski definition) is 4. The Bertz CT molecular complexity index is 504. The minimum absolute atomic E-state index is 0.0257. The van der Waals surface area contributed by atoms with Crippen LogP contribution in [0.25, 0.3) is 0 Å². The maximum absolute atomic E-state index is 12.3. The minimum atomic E-state index is -0.467. The predicted molar refractivity (Wildman–Crippen MR) is 74.3 cm³/mol. The minimum Gasteiger partial charge on any atom is -0.496 e. The maximum atomic E-state index is 12.3. The molecule has 3 N–H and O–H groups in total. The maximum Gasteiger partial charge on any atom is 0.236 e. The van der Waals surface area contributed by atoms with Gasteiger partial charge in [0.05, 0.1) is 13.5 Å². The Hall–Kier alpha value is -2.08. The summed E-state index contributed by atoms with van der Waals surface area (Å²) in [5.74, 6) is 0.240. The molecule has 0 bridgehead atoms. The fourth-order valence-corrected chi connectivity index (χ4v) is 2.29. The number of nitrogens with one attached hydrogen (secondary N) is 1. The largest absolute Gasteiger partial charge is 0.496 e. The van der Waals surface area contributed by atoms with Gasteiger partial charge in [-0.25, -0.2) is 0 Å². The number of carbonyl (C=O) groups excluding carboxylic acids is 2. The van der Waals surface area contributed by atoms with Gasteiger partial charge in [0.25, 0.3) is 0 Å². The van der Waals surface area contributed by atoms with E-state index in [-0.39, 0.29) is 12.3 Å². The number of amides is 2. The van der Waals surface area contributed by atoms with E-state index in [0.29, 0.717) is 25.4 Å². The van der Waals surface area contributed by atoms with Gasteiger partial charge >= 0.3 is 0 Å². The van der Waals surface area contributed by atoms with E-state index < -0.39 is 11.9 Å². The molecule has 1 atom stereocenters. The molecule has 2 rings (SSSR count). The van der Waals surface area contributed by atoms with Gasteiger partial charge in [0.15, 0.2) is 0 Å². The lowest BCUT2D eigenvalue weighted by Crippen LogP contribution is -2.57. The van der Waals surface area contributed by atoms with Crippen molar-refractivity contribution in [1.82, 2.24) is 10.2 Å². The monoisotopic (exact) mass is 277 g/mol. The molecule has 0 unspecified atom stereocenters. The number of para-hydroxylation sites is 1. The van der Waals surface area contributed by atoms with E-state index in [1.807, 2.05) is 24.3 Å². The topological polar surface area (TPSA) is 84.7 Å². The molecule has 0 spiro atoms. The van der Waals surface area contributed by atoms with Crippen LogP contribution in [-0.4, -0.2) is 49.5 Å². The smallest absolute Gasteiger partial charge is 0.236 e. The number of ether oxygens (including phenoxy) is 1. The van der Waals surface area contributed by atoms with Crippen LogP contribution in [0.3, 0.4) is 0 Å². The van der Waals surface area contributed by atoms with Gasteiger partial charge in [0.1, 0.15) is 11.8 Å². The first-order chi connectivity index (χ1) is 9.61. The standard InChI is InChI=1S/C14H19N3O3/c1-20-12-5-3-2-4-10(12)8-13(18)17-7-6-16-11(9-17)14(15)19/h2-5,11,16H,6-9H2,1H3,(H2,15,19)/t11-/m1/s1. The molecular formula is C14H19N3O3. The summed E-state index contributed by atoms with van der Waals surface area (Å²) >= 11 is 0. The number of rotatable bonds is 4. The second-order valence-corrected chi connectivity index (χ2v) is 4.74. The summed E-state index contributed by atoms with van der Waals surface area (Å²) < 4.78 is 5.24. The molecule has 6 nitrogen and oxygen atoms in total. The third kappa shape index (κ3) is 3.27. The van der Waals surface area contributed by atoms with Crippen LogP contribution < -0.4 is 15.8 Å². The van der Waals surface area contributed by atoms with Crippen molar-refractivity contribution >= 4 is 11.8 Å². The Morgan fingerprint density at radius 3 is 2.90 bits per heavy atom. The summed E-state index contributed by atoms with van der Waals surface area (Å²) in [5.41, 5.74) is 6.11. The van der Waals surface area contributed by atoms with Crippen molar-refractivity contribution in [3.05, 3.63) is 29.8 Å². The van der Waals surface area contributed by atoms with Gasteiger partial charge in [-0.3, -0.25) is 9.59 Å². The second-order valence-electron chi connectivity index (χ2n) is 4.74. The quantitative estimate of drug-likeness (QED) is 0.779. The molecule has 1 fully saturated rings. The number of nitrogens with two attached hydrogens (primary N) is 1. The summed E-state index contributed by atoms with van der Waals surface area (Å²) in [6.45, 7) is 1.48. The molecule has 1 aliphatic rings. The average molecular weight is 277 g/mol. The highest BCUT2D eigenvalue weighted by atomic mass is 16.5. The van der Waals surface area contributed by atoms with Crippen LogP contribution >= 0.6 is 0 Å². The van der Waals surface area contributed by atoms with Crippen molar-refractivity contribution in [2.24, 2.45) is 5.73 Å². The second kappa shape index (κ2) is 6.38. The molecule has 1 heterocycles. The van der Waals surface area contributed by atoms with Gasteiger partial charge in [0.2, 0.25) is 11.8 Å². The van der Waals surface area contributed by atoms with E-state index in [1.165, 1.54) is 0 Å². The van der Waals surface area contributed by atoms with E-state index in [4.69, 9.17) is 10.5 Å². The molecule has 0 radical (unpaired) electrons. The van der Waals surface area contributed by atoms with Gasteiger partial charge in [-0.05, 0) is 6.07 Å². The summed E-state index contributed by atoms with van der Waals surface area (Å²) in [7, 11) is 1.58. The Kier molecular flexibility index (Phi) is 4.57. The molecule has 0 saturated carbocycles. The summed E-state index contributed by atoms with van der Waals surface area (Å²) in [6, 6.07) is 6.96. The normalized spacial score (nSPS) is 18.6. The number of piperazine rings is 1. The molecule has 0 aromatic heterocycles. The predicted octanol–water partition coefficient (Wildman–Crippen LogP) is -0.477. The first kappa shape index (κ1) is 14.3. The summed E-state index contributed by atoms with van der Waals surface area (Å²) in [5, 5.41) is 3.00. The zero-order valence-corrected chi connectivity index (χ0v) is 11.5.